The van der Waals surface area contributed by atoms with Gasteiger partial charge >= 0.3 is 0 Å². The van der Waals surface area contributed by atoms with Gasteiger partial charge in [0.2, 0.25) is 5.91 Å². The Hall–Kier alpha value is -1.44. The number of amides is 2. The lowest BCUT2D eigenvalue weighted by Gasteiger charge is -2.31. The largest absolute Gasteiger partial charge is 0.366 e. The molecule has 0 aliphatic carbocycles. The topological polar surface area (TPSA) is 87.5 Å². The Morgan fingerprint density at radius 2 is 2.42 bits per heavy atom. The second kappa shape index (κ2) is 6.14. The molecule has 0 bridgehead atoms. The van der Waals surface area contributed by atoms with Gasteiger partial charge in [-0.05, 0) is 18.4 Å². The maximum atomic E-state index is 11.9. The fourth-order valence-electron chi connectivity index (χ4n) is 2.13. The lowest BCUT2D eigenvalue weighted by Crippen LogP contribution is -2.51. The van der Waals surface area contributed by atoms with Crippen molar-refractivity contribution >= 4 is 28.2 Å². The first-order valence-corrected chi connectivity index (χ1v) is 7.07. The SMILES string of the molecule is CC1CN(CC(=O)Nc2sccc2C(N)=O)CCN1. The quantitative estimate of drug-likeness (QED) is 0.730. The van der Waals surface area contributed by atoms with Crippen LogP contribution >= 0.6 is 11.3 Å². The molecular formula is C12H18N4O2S. The van der Waals surface area contributed by atoms with Crippen LogP contribution in [0, 0.1) is 0 Å². The monoisotopic (exact) mass is 282 g/mol. The summed E-state index contributed by atoms with van der Waals surface area (Å²) in [7, 11) is 0. The molecule has 1 aliphatic rings. The van der Waals surface area contributed by atoms with Crippen molar-refractivity contribution in [2.45, 2.75) is 13.0 Å². The van der Waals surface area contributed by atoms with Crippen LogP contribution < -0.4 is 16.4 Å². The lowest BCUT2D eigenvalue weighted by atomic mass is 10.2. The molecule has 2 rings (SSSR count). The van der Waals surface area contributed by atoms with E-state index in [1.54, 1.807) is 11.4 Å². The van der Waals surface area contributed by atoms with Crippen molar-refractivity contribution in [2.75, 3.05) is 31.5 Å². The molecule has 1 unspecified atom stereocenters. The molecule has 104 valence electrons. The Morgan fingerprint density at radius 1 is 1.63 bits per heavy atom. The van der Waals surface area contributed by atoms with Crippen molar-refractivity contribution in [3.05, 3.63) is 17.0 Å². The average molecular weight is 282 g/mol. The number of carbonyl (C=O) groups is 2. The van der Waals surface area contributed by atoms with E-state index in [9.17, 15) is 9.59 Å². The number of anilines is 1. The van der Waals surface area contributed by atoms with Gasteiger partial charge < -0.3 is 16.4 Å². The molecule has 7 heteroatoms. The summed E-state index contributed by atoms with van der Waals surface area (Å²) in [5.74, 6) is -0.633. The molecule has 2 amide bonds. The van der Waals surface area contributed by atoms with Crippen molar-refractivity contribution in [1.82, 2.24) is 10.2 Å². The summed E-state index contributed by atoms with van der Waals surface area (Å²) in [6, 6.07) is 2.01. The normalized spacial score (nSPS) is 20.2. The van der Waals surface area contributed by atoms with Crippen molar-refractivity contribution in [1.29, 1.82) is 0 Å². The van der Waals surface area contributed by atoms with Gasteiger partial charge in [-0.1, -0.05) is 0 Å². The molecule has 1 atom stereocenters. The predicted molar refractivity (Wildman–Crippen MR) is 75.4 cm³/mol. The van der Waals surface area contributed by atoms with Crippen molar-refractivity contribution in [3.63, 3.8) is 0 Å². The van der Waals surface area contributed by atoms with Gasteiger partial charge in [0, 0.05) is 25.7 Å². The zero-order chi connectivity index (χ0) is 13.8. The molecule has 0 saturated carbocycles. The zero-order valence-corrected chi connectivity index (χ0v) is 11.6. The Balaban J connectivity index is 1.90. The number of piperazine rings is 1. The van der Waals surface area contributed by atoms with Crippen molar-refractivity contribution < 1.29 is 9.59 Å². The van der Waals surface area contributed by atoms with Crippen LogP contribution in [0.15, 0.2) is 11.4 Å². The van der Waals surface area contributed by atoms with E-state index in [1.807, 2.05) is 0 Å². The van der Waals surface area contributed by atoms with Gasteiger partial charge in [-0.25, -0.2) is 0 Å². The molecule has 1 aromatic heterocycles. The highest BCUT2D eigenvalue weighted by Gasteiger charge is 2.19. The van der Waals surface area contributed by atoms with E-state index in [2.05, 4.69) is 22.5 Å². The maximum absolute atomic E-state index is 11.9. The first-order chi connectivity index (χ1) is 9.06. The highest BCUT2D eigenvalue weighted by Crippen LogP contribution is 2.22. The van der Waals surface area contributed by atoms with Gasteiger partial charge in [0.05, 0.1) is 12.1 Å². The van der Waals surface area contributed by atoms with E-state index in [1.165, 1.54) is 11.3 Å². The van der Waals surface area contributed by atoms with Crippen LogP contribution in [-0.2, 0) is 4.79 Å². The van der Waals surface area contributed by atoms with Crippen LogP contribution in [0.5, 0.6) is 0 Å². The van der Waals surface area contributed by atoms with Crippen molar-refractivity contribution in [3.8, 4) is 0 Å². The number of carbonyl (C=O) groups excluding carboxylic acids is 2. The number of nitrogens with one attached hydrogen (secondary N) is 2. The summed E-state index contributed by atoms with van der Waals surface area (Å²) in [6.07, 6.45) is 0. The van der Waals surface area contributed by atoms with Crippen LogP contribution in [0.4, 0.5) is 5.00 Å². The summed E-state index contributed by atoms with van der Waals surface area (Å²) in [5.41, 5.74) is 5.60. The van der Waals surface area contributed by atoms with Crippen LogP contribution in [-0.4, -0.2) is 48.9 Å². The first-order valence-electron chi connectivity index (χ1n) is 6.19. The van der Waals surface area contributed by atoms with E-state index < -0.39 is 5.91 Å². The second-order valence-corrected chi connectivity index (χ2v) is 5.58. The smallest absolute Gasteiger partial charge is 0.251 e. The minimum Gasteiger partial charge on any atom is -0.366 e. The molecule has 4 N–H and O–H groups in total. The van der Waals surface area contributed by atoms with Gasteiger partial charge in [0.15, 0.2) is 0 Å². The molecule has 1 fully saturated rings. The fraction of sp³-hybridized carbons (Fsp3) is 0.500. The summed E-state index contributed by atoms with van der Waals surface area (Å²) in [6.45, 7) is 5.02. The molecule has 1 saturated heterocycles. The number of thiophene rings is 1. The molecule has 0 radical (unpaired) electrons. The molecule has 19 heavy (non-hydrogen) atoms. The first kappa shape index (κ1) is 14.0. The van der Waals surface area contributed by atoms with Gasteiger partial charge in [0.25, 0.3) is 5.91 Å². The number of nitrogens with two attached hydrogens (primary N) is 1. The second-order valence-electron chi connectivity index (χ2n) is 4.67. The average Bonchev–Trinajstić information content (AvgIpc) is 2.76. The number of primary amides is 1. The highest BCUT2D eigenvalue weighted by atomic mass is 32.1. The third kappa shape index (κ3) is 3.76. The third-order valence-electron chi connectivity index (χ3n) is 3.00. The van der Waals surface area contributed by atoms with Gasteiger partial charge in [-0.3, -0.25) is 14.5 Å². The van der Waals surface area contributed by atoms with Crippen LogP contribution in [0.25, 0.3) is 0 Å². The molecule has 1 aromatic rings. The maximum Gasteiger partial charge on any atom is 0.251 e. The summed E-state index contributed by atoms with van der Waals surface area (Å²) in [5, 5.41) is 8.34. The number of hydrogen-bond acceptors (Lipinski definition) is 5. The Labute approximate surface area is 116 Å². The van der Waals surface area contributed by atoms with E-state index in [4.69, 9.17) is 5.73 Å². The number of nitrogens with zero attached hydrogens (tertiary/aromatic N) is 1. The minimum atomic E-state index is -0.521. The molecule has 0 spiro atoms. The van der Waals surface area contributed by atoms with E-state index in [0.29, 0.717) is 23.2 Å². The molecule has 0 aromatic carbocycles. The van der Waals surface area contributed by atoms with E-state index in [0.717, 1.165) is 19.6 Å². The predicted octanol–water partition coefficient (Wildman–Crippen LogP) is 0.0792. The Bertz CT molecular complexity index is 474. The Morgan fingerprint density at radius 3 is 3.11 bits per heavy atom. The third-order valence-corrected chi connectivity index (χ3v) is 3.83. The number of hydrogen-bond donors (Lipinski definition) is 3. The minimum absolute atomic E-state index is 0.112. The van der Waals surface area contributed by atoms with Gasteiger partial charge in [-0.15, -0.1) is 11.3 Å². The highest BCUT2D eigenvalue weighted by molar-refractivity contribution is 7.14. The van der Waals surface area contributed by atoms with Crippen molar-refractivity contribution in [2.24, 2.45) is 5.73 Å². The number of rotatable bonds is 4. The van der Waals surface area contributed by atoms with E-state index >= 15 is 0 Å². The molecular weight excluding hydrogens is 264 g/mol. The molecule has 2 heterocycles. The summed E-state index contributed by atoms with van der Waals surface area (Å²) >= 11 is 1.31. The standard InChI is InChI=1S/C12H18N4O2S/c1-8-6-16(4-3-14-8)7-10(17)15-12-9(11(13)18)2-5-19-12/h2,5,8,14H,3-4,6-7H2,1H3,(H2,13,18)(H,15,17). The van der Waals surface area contributed by atoms with Gasteiger partial charge in [-0.2, -0.15) is 0 Å². The zero-order valence-electron chi connectivity index (χ0n) is 10.8. The van der Waals surface area contributed by atoms with Crippen LogP contribution in [0.1, 0.15) is 17.3 Å². The summed E-state index contributed by atoms with van der Waals surface area (Å²) in [4.78, 5) is 25.2. The van der Waals surface area contributed by atoms with Crippen LogP contribution in [0.2, 0.25) is 0 Å². The van der Waals surface area contributed by atoms with E-state index in [-0.39, 0.29) is 5.91 Å². The molecule has 1 aliphatic heterocycles. The Kier molecular flexibility index (Phi) is 4.52. The fourth-order valence-corrected chi connectivity index (χ4v) is 2.93. The van der Waals surface area contributed by atoms with Gasteiger partial charge in [0.1, 0.15) is 5.00 Å². The lowest BCUT2D eigenvalue weighted by molar-refractivity contribution is -0.117. The molecule has 6 nitrogen and oxygen atoms in total. The van der Waals surface area contributed by atoms with Crippen LogP contribution in [0.3, 0.4) is 0 Å². The summed E-state index contributed by atoms with van der Waals surface area (Å²) < 4.78 is 0.